The SMILES string of the molecule is c1ccc(-c2cc(N(c3ccc4sc5ccccc5c4c3)c3ccc4sc5ccccc5c4c3)ccc2-c2ccc3ccc4oc5ccccc5c4c3c2)cc1. The maximum atomic E-state index is 6.31. The number of furan rings is 1. The third kappa shape index (κ3) is 4.93. The van der Waals surface area contributed by atoms with E-state index < -0.39 is 0 Å². The van der Waals surface area contributed by atoms with E-state index in [1.807, 2.05) is 28.7 Å². The molecular formula is C52H31NOS2. The molecule has 0 bridgehead atoms. The highest BCUT2D eigenvalue weighted by atomic mass is 32.1. The van der Waals surface area contributed by atoms with Crippen molar-refractivity contribution < 1.29 is 4.42 Å². The van der Waals surface area contributed by atoms with Gasteiger partial charge in [0.1, 0.15) is 11.2 Å². The van der Waals surface area contributed by atoms with Gasteiger partial charge in [0.25, 0.3) is 0 Å². The van der Waals surface area contributed by atoms with E-state index in [0.717, 1.165) is 39.0 Å². The molecule has 0 N–H and O–H groups in total. The Morgan fingerprint density at radius 2 is 0.911 bits per heavy atom. The lowest BCUT2D eigenvalue weighted by molar-refractivity contribution is 0.669. The minimum Gasteiger partial charge on any atom is -0.456 e. The first-order valence-electron chi connectivity index (χ1n) is 18.9. The Morgan fingerprint density at radius 1 is 0.339 bits per heavy atom. The monoisotopic (exact) mass is 749 g/mol. The molecule has 0 aliphatic carbocycles. The fraction of sp³-hybridized carbons (Fsp3) is 0. The number of thiophene rings is 2. The number of anilines is 3. The van der Waals surface area contributed by atoms with Crippen molar-refractivity contribution in [3.8, 4) is 22.3 Å². The Kier molecular flexibility index (Phi) is 7.00. The Morgan fingerprint density at radius 3 is 1.62 bits per heavy atom. The average molecular weight is 750 g/mol. The molecule has 9 aromatic carbocycles. The van der Waals surface area contributed by atoms with Gasteiger partial charge in [0.2, 0.25) is 0 Å². The lowest BCUT2D eigenvalue weighted by Gasteiger charge is -2.27. The van der Waals surface area contributed by atoms with Gasteiger partial charge in [-0.1, -0.05) is 109 Å². The molecular weight excluding hydrogens is 719 g/mol. The molecule has 262 valence electrons. The van der Waals surface area contributed by atoms with Crippen molar-refractivity contribution in [1.29, 1.82) is 0 Å². The second-order valence-corrected chi connectivity index (χ2v) is 16.6. The minimum absolute atomic E-state index is 0.913. The summed E-state index contributed by atoms with van der Waals surface area (Å²) in [6.45, 7) is 0. The number of para-hydroxylation sites is 1. The van der Waals surface area contributed by atoms with E-state index in [9.17, 15) is 0 Å². The van der Waals surface area contributed by atoms with Crippen LogP contribution in [-0.2, 0) is 0 Å². The van der Waals surface area contributed by atoms with Crippen molar-refractivity contribution in [2.24, 2.45) is 0 Å². The summed E-state index contributed by atoms with van der Waals surface area (Å²) < 4.78 is 11.5. The normalized spacial score (nSPS) is 11.9. The number of benzene rings is 9. The molecule has 12 rings (SSSR count). The maximum Gasteiger partial charge on any atom is 0.136 e. The van der Waals surface area contributed by atoms with E-state index in [4.69, 9.17) is 4.42 Å². The van der Waals surface area contributed by atoms with Crippen LogP contribution in [0.3, 0.4) is 0 Å². The standard InChI is InChI=1S/C52H31NOS2/c1-2-10-32(11-3-1)42-29-35(21-24-38(42)34-19-18-33-20-25-47-52(43(33)28-34)41-14-4-7-15-46(41)54-47)53(36-22-26-50-44(30-36)39-12-5-8-16-48(39)55-50)37-23-27-51-45(31-37)40-13-6-9-17-49(40)56-51/h1-31H. The van der Waals surface area contributed by atoms with Gasteiger partial charge in [-0.05, 0) is 112 Å². The highest BCUT2D eigenvalue weighted by Gasteiger charge is 2.20. The largest absolute Gasteiger partial charge is 0.456 e. The summed E-state index contributed by atoms with van der Waals surface area (Å²) >= 11 is 3.71. The number of nitrogens with zero attached hydrogens (tertiary/aromatic N) is 1. The van der Waals surface area contributed by atoms with E-state index in [1.165, 1.54) is 73.4 Å². The zero-order valence-corrected chi connectivity index (χ0v) is 31.7. The second-order valence-electron chi connectivity index (χ2n) is 14.5. The van der Waals surface area contributed by atoms with E-state index in [2.05, 4.69) is 187 Å². The summed E-state index contributed by atoms with van der Waals surface area (Å²) in [6.07, 6.45) is 0. The van der Waals surface area contributed by atoms with Gasteiger partial charge in [0.15, 0.2) is 0 Å². The molecule has 0 amide bonds. The lowest BCUT2D eigenvalue weighted by Crippen LogP contribution is -2.10. The van der Waals surface area contributed by atoms with Crippen molar-refractivity contribution in [3.63, 3.8) is 0 Å². The smallest absolute Gasteiger partial charge is 0.136 e. The number of hydrogen-bond acceptors (Lipinski definition) is 4. The van der Waals surface area contributed by atoms with Crippen LogP contribution in [0.2, 0.25) is 0 Å². The molecule has 0 aliphatic rings. The van der Waals surface area contributed by atoms with Crippen LogP contribution in [0.5, 0.6) is 0 Å². The molecule has 0 unspecified atom stereocenters. The Hall–Kier alpha value is -6.72. The molecule has 0 fully saturated rings. The van der Waals surface area contributed by atoms with Crippen LogP contribution < -0.4 is 4.90 Å². The van der Waals surface area contributed by atoms with Crippen LogP contribution >= 0.6 is 22.7 Å². The molecule has 0 spiro atoms. The summed E-state index contributed by atoms with van der Waals surface area (Å²) in [6, 6.07) is 68.7. The van der Waals surface area contributed by atoms with Gasteiger partial charge in [-0.15, -0.1) is 22.7 Å². The lowest BCUT2D eigenvalue weighted by atomic mass is 9.91. The average Bonchev–Trinajstić information content (AvgIpc) is 3.95. The third-order valence-electron chi connectivity index (χ3n) is 11.3. The summed E-state index contributed by atoms with van der Waals surface area (Å²) in [7, 11) is 0. The van der Waals surface area contributed by atoms with Crippen molar-refractivity contribution in [2.45, 2.75) is 0 Å². The topological polar surface area (TPSA) is 16.4 Å². The van der Waals surface area contributed by atoms with E-state index in [0.29, 0.717) is 0 Å². The van der Waals surface area contributed by atoms with Crippen molar-refractivity contribution in [3.05, 3.63) is 188 Å². The van der Waals surface area contributed by atoms with Crippen molar-refractivity contribution in [2.75, 3.05) is 4.90 Å². The maximum absolute atomic E-state index is 6.31. The first kappa shape index (κ1) is 31.6. The zero-order valence-electron chi connectivity index (χ0n) is 30.1. The molecule has 0 saturated heterocycles. The molecule has 0 saturated carbocycles. The summed E-state index contributed by atoms with van der Waals surface area (Å²) in [5, 5.41) is 9.86. The fourth-order valence-electron chi connectivity index (χ4n) is 8.64. The fourth-order valence-corrected chi connectivity index (χ4v) is 10.8. The Bertz CT molecular complexity index is 3380. The van der Waals surface area contributed by atoms with Crippen LogP contribution in [0.25, 0.3) is 95.3 Å². The molecule has 3 aromatic heterocycles. The van der Waals surface area contributed by atoms with Gasteiger partial charge in [-0.2, -0.15) is 0 Å². The first-order chi connectivity index (χ1) is 27.7. The summed E-state index contributed by atoms with van der Waals surface area (Å²) in [5.74, 6) is 0. The van der Waals surface area contributed by atoms with E-state index >= 15 is 0 Å². The van der Waals surface area contributed by atoms with Gasteiger partial charge in [-0.3, -0.25) is 0 Å². The van der Waals surface area contributed by atoms with Crippen LogP contribution in [0.15, 0.2) is 192 Å². The highest BCUT2D eigenvalue weighted by molar-refractivity contribution is 7.26. The van der Waals surface area contributed by atoms with Crippen molar-refractivity contribution >= 4 is 113 Å². The molecule has 0 radical (unpaired) electrons. The highest BCUT2D eigenvalue weighted by Crippen LogP contribution is 2.46. The van der Waals surface area contributed by atoms with Gasteiger partial charge >= 0.3 is 0 Å². The predicted octanol–water partition coefficient (Wildman–Crippen LogP) is 16.3. The molecule has 0 aliphatic heterocycles. The van der Waals surface area contributed by atoms with Gasteiger partial charge in [0, 0.05) is 68.2 Å². The Balaban J connectivity index is 1.10. The number of rotatable bonds is 5. The van der Waals surface area contributed by atoms with Crippen LogP contribution in [-0.4, -0.2) is 0 Å². The third-order valence-corrected chi connectivity index (χ3v) is 13.6. The Labute approximate surface area is 330 Å². The molecule has 0 atom stereocenters. The number of fused-ring (bicyclic) bond motifs is 11. The molecule has 12 aromatic rings. The van der Waals surface area contributed by atoms with Gasteiger partial charge in [0.05, 0.1) is 0 Å². The number of hydrogen-bond donors (Lipinski definition) is 0. The summed E-state index contributed by atoms with van der Waals surface area (Å²) in [5.41, 5.74) is 9.91. The first-order valence-corrected chi connectivity index (χ1v) is 20.5. The zero-order chi connectivity index (χ0) is 36.7. The van der Waals surface area contributed by atoms with Crippen LogP contribution in [0.1, 0.15) is 0 Å². The van der Waals surface area contributed by atoms with Crippen LogP contribution in [0.4, 0.5) is 17.1 Å². The predicted molar refractivity (Wildman–Crippen MR) is 243 cm³/mol. The van der Waals surface area contributed by atoms with Crippen molar-refractivity contribution in [1.82, 2.24) is 0 Å². The quantitative estimate of drug-likeness (QED) is 0.174. The van der Waals surface area contributed by atoms with E-state index in [-0.39, 0.29) is 0 Å². The van der Waals surface area contributed by atoms with Crippen LogP contribution in [0, 0.1) is 0 Å². The van der Waals surface area contributed by atoms with Gasteiger partial charge < -0.3 is 9.32 Å². The molecule has 2 nitrogen and oxygen atoms in total. The molecule has 56 heavy (non-hydrogen) atoms. The summed E-state index contributed by atoms with van der Waals surface area (Å²) in [4.78, 5) is 2.44. The molecule has 3 heterocycles. The second kappa shape index (κ2) is 12.4. The van der Waals surface area contributed by atoms with Gasteiger partial charge in [-0.25, -0.2) is 0 Å². The molecule has 4 heteroatoms. The van der Waals surface area contributed by atoms with E-state index in [1.54, 1.807) is 0 Å². The minimum atomic E-state index is 0.913.